The summed E-state index contributed by atoms with van der Waals surface area (Å²) in [6, 6.07) is 0. The van der Waals surface area contributed by atoms with E-state index in [0.29, 0.717) is 6.10 Å². The first-order valence-electron chi connectivity index (χ1n) is 5.54. The maximum atomic E-state index is 6.11. The van der Waals surface area contributed by atoms with Gasteiger partial charge in [0.2, 0.25) is 0 Å². The minimum atomic E-state index is -0.0308. The molecule has 0 radical (unpaired) electrons. The molecule has 0 bridgehead atoms. The molecule has 14 heavy (non-hydrogen) atoms. The maximum absolute atomic E-state index is 6.11. The van der Waals surface area contributed by atoms with Crippen LogP contribution in [0.5, 0.6) is 0 Å². The van der Waals surface area contributed by atoms with Gasteiger partial charge in [-0.3, -0.25) is 0 Å². The summed E-state index contributed by atoms with van der Waals surface area (Å²) in [6.07, 6.45) is 2.35. The van der Waals surface area contributed by atoms with Crippen molar-refractivity contribution in [1.82, 2.24) is 5.32 Å². The van der Waals surface area contributed by atoms with Crippen LogP contribution in [0.1, 0.15) is 33.6 Å². The molecule has 2 heterocycles. The van der Waals surface area contributed by atoms with Gasteiger partial charge in [-0.1, -0.05) is 0 Å². The van der Waals surface area contributed by atoms with E-state index >= 15 is 0 Å². The highest BCUT2D eigenvalue weighted by molar-refractivity contribution is 4.96. The monoisotopic (exact) mass is 199 g/mol. The third-order valence-electron chi connectivity index (χ3n) is 3.13. The Balaban J connectivity index is 2.06. The molecule has 0 saturated carbocycles. The van der Waals surface area contributed by atoms with Gasteiger partial charge in [0, 0.05) is 25.9 Å². The lowest BCUT2D eigenvalue weighted by Crippen LogP contribution is -2.58. The molecule has 0 aliphatic carbocycles. The number of rotatable bonds is 0. The average Bonchev–Trinajstić information content (AvgIpc) is 2.00. The summed E-state index contributed by atoms with van der Waals surface area (Å²) < 4.78 is 11.8. The first kappa shape index (κ1) is 10.4. The van der Waals surface area contributed by atoms with Gasteiger partial charge >= 0.3 is 0 Å². The summed E-state index contributed by atoms with van der Waals surface area (Å²) in [4.78, 5) is 0. The highest BCUT2D eigenvalue weighted by atomic mass is 16.5. The molecule has 0 aromatic rings. The van der Waals surface area contributed by atoms with E-state index in [0.717, 1.165) is 32.5 Å². The van der Waals surface area contributed by atoms with Crippen LogP contribution in [0.15, 0.2) is 0 Å². The minimum Gasteiger partial charge on any atom is -0.375 e. The zero-order valence-corrected chi connectivity index (χ0v) is 9.43. The van der Waals surface area contributed by atoms with Gasteiger partial charge in [0.1, 0.15) is 0 Å². The van der Waals surface area contributed by atoms with Crippen LogP contribution < -0.4 is 5.32 Å². The van der Waals surface area contributed by atoms with Crippen molar-refractivity contribution in [3.63, 3.8) is 0 Å². The lowest BCUT2D eigenvalue weighted by Gasteiger charge is -2.48. The lowest BCUT2D eigenvalue weighted by atomic mass is 9.83. The molecule has 3 heteroatoms. The van der Waals surface area contributed by atoms with Crippen molar-refractivity contribution in [1.29, 1.82) is 0 Å². The summed E-state index contributed by atoms with van der Waals surface area (Å²) in [5, 5.41) is 3.45. The van der Waals surface area contributed by atoms with Gasteiger partial charge in [0.25, 0.3) is 0 Å². The molecule has 0 amide bonds. The summed E-state index contributed by atoms with van der Waals surface area (Å²) in [5.41, 5.74) is -0.00356. The smallest absolute Gasteiger partial charge is 0.0859 e. The summed E-state index contributed by atoms with van der Waals surface area (Å²) in [7, 11) is 0. The predicted molar refractivity (Wildman–Crippen MR) is 55.4 cm³/mol. The van der Waals surface area contributed by atoms with Crippen molar-refractivity contribution in [3.8, 4) is 0 Å². The van der Waals surface area contributed by atoms with Crippen molar-refractivity contribution in [2.24, 2.45) is 0 Å². The van der Waals surface area contributed by atoms with E-state index in [1.807, 2.05) is 0 Å². The average molecular weight is 199 g/mol. The highest BCUT2D eigenvalue weighted by Gasteiger charge is 2.44. The Morgan fingerprint density at radius 2 is 2.14 bits per heavy atom. The number of morpholine rings is 1. The van der Waals surface area contributed by atoms with Crippen molar-refractivity contribution in [2.75, 3.05) is 19.7 Å². The van der Waals surface area contributed by atoms with Gasteiger partial charge in [-0.2, -0.15) is 0 Å². The predicted octanol–water partition coefficient (Wildman–Crippen LogP) is 1.32. The van der Waals surface area contributed by atoms with Gasteiger partial charge in [-0.15, -0.1) is 0 Å². The highest BCUT2D eigenvalue weighted by Crippen LogP contribution is 2.36. The molecular formula is C11H21NO2. The Kier molecular flexibility index (Phi) is 2.58. The Morgan fingerprint density at radius 3 is 2.79 bits per heavy atom. The van der Waals surface area contributed by atoms with E-state index in [1.165, 1.54) is 0 Å². The van der Waals surface area contributed by atoms with E-state index in [2.05, 4.69) is 26.1 Å². The van der Waals surface area contributed by atoms with Crippen LogP contribution in [0.25, 0.3) is 0 Å². The molecule has 0 unspecified atom stereocenters. The molecule has 3 nitrogen and oxygen atoms in total. The van der Waals surface area contributed by atoms with Crippen LogP contribution >= 0.6 is 0 Å². The third kappa shape index (κ3) is 2.10. The Labute approximate surface area is 86.2 Å². The SMILES string of the molecule is C[C@@H]1CNC[C@]2(CCOC(C)(C)C2)O1. The van der Waals surface area contributed by atoms with Crippen LogP contribution in [0.2, 0.25) is 0 Å². The van der Waals surface area contributed by atoms with Crippen LogP contribution in [0, 0.1) is 0 Å². The fourth-order valence-corrected chi connectivity index (χ4v) is 2.69. The summed E-state index contributed by atoms with van der Waals surface area (Å²) >= 11 is 0. The van der Waals surface area contributed by atoms with Gasteiger partial charge in [-0.25, -0.2) is 0 Å². The fourth-order valence-electron chi connectivity index (χ4n) is 2.69. The zero-order valence-electron chi connectivity index (χ0n) is 9.43. The molecule has 2 aliphatic heterocycles. The van der Waals surface area contributed by atoms with Gasteiger partial charge in [-0.05, 0) is 20.8 Å². The maximum Gasteiger partial charge on any atom is 0.0859 e. The topological polar surface area (TPSA) is 30.5 Å². The van der Waals surface area contributed by atoms with E-state index in [4.69, 9.17) is 9.47 Å². The molecule has 0 aromatic heterocycles. The third-order valence-corrected chi connectivity index (χ3v) is 3.13. The number of nitrogens with one attached hydrogen (secondary N) is 1. The lowest BCUT2D eigenvalue weighted by molar-refractivity contribution is -0.196. The standard InChI is InChI=1S/C11H21NO2/c1-9-6-12-8-11(14-9)4-5-13-10(2,3)7-11/h9,12H,4-8H2,1-3H3/t9-,11-/m1/s1. The summed E-state index contributed by atoms with van der Waals surface area (Å²) in [5.74, 6) is 0. The Bertz CT molecular complexity index is 213. The van der Waals surface area contributed by atoms with E-state index in [9.17, 15) is 0 Å². The molecular weight excluding hydrogens is 178 g/mol. The van der Waals surface area contributed by atoms with Gasteiger partial charge < -0.3 is 14.8 Å². The quantitative estimate of drug-likeness (QED) is 0.638. The molecule has 2 aliphatic rings. The number of hydrogen-bond acceptors (Lipinski definition) is 3. The molecule has 0 aromatic carbocycles. The second-order valence-electron chi connectivity index (χ2n) is 5.28. The van der Waals surface area contributed by atoms with Crippen molar-refractivity contribution in [2.45, 2.75) is 50.9 Å². The second kappa shape index (κ2) is 3.47. The first-order chi connectivity index (χ1) is 6.52. The number of hydrogen-bond donors (Lipinski definition) is 1. The molecule has 2 atom stereocenters. The normalized spacial score (nSPS) is 42.6. The first-order valence-corrected chi connectivity index (χ1v) is 5.54. The van der Waals surface area contributed by atoms with Crippen LogP contribution in [0.3, 0.4) is 0 Å². The molecule has 82 valence electrons. The number of ether oxygens (including phenoxy) is 2. The molecule has 1 N–H and O–H groups in total. The van der Waals surface area contributed by atoms with Crippen molar-refractivity contribution < 1.29 is 9.47 Å². The zero-order chi connectivity index (χ0) is 10.2. The van der Waals surface area contributed by atoms with E-state index in [-0.39, 0.29) is 11.2 Å². The molecule has 2 rings (SSSR count). The van der Waals surface area contributed by atoms with Crippen LogP contribution in [0.4, 0.5) is 0 Å². The van der Waals surface area contributed by atoms with Gasteiger partial charge in [0.05, 0.1) is 23.9 Å². The largest absolute Gasteiger partial charge is 0.375 e. The van der Waals surface area contributed by atoms with Crippen LogP contribution in [-0.4, -0.2) is 37.0 Å². The molecule has 1 spiro atoms. The van der Waals surface area contributed by atoms with Crippen molar-refractivity contribution >= 4 is 0 Å². The molecule has 2 fully saturated rings. The summed E-state index contributed by atoms with van der Waals surface area (Å²) in [6.45, 7) is 9.21. The van der Waals surface area contributed by atoms with E-state index in [1.54, 1.807) is 0 Å². The Morgan fingerprint density at radius 1 is 1.36 bits per heavy atom. The second-order valence-corrected chi connectivity index (χ2v) is 5.28. The molecule has 2 saturated heterocycles. The van der Waals surface area contributed by atoms with Gasteiger partial charge in [0.15, 0.2) is 0 Å². The Hall–Kier alpha value is -0.120. The van der Waals surface area contributed by atoms with Crippen molar-refractivity contribution in [3.05, 3.63) is 0 Å². The van der Waals surface area contributed by atoms with E-state index < -0.39 is 0 Å². The fraction of sp³-hybridized carbons (Fsp3) is 1.00. The van der Waals surface area contributed by atoms with Crippen LogP contribution in [-0.2, 0) is 9.47 Å². The minimum absolute atomic E-state index is 0.0272.